The molecule has 0 aromatic carbocycles. The van der Waals surface area contributed by atoms with Gasteiger partial charge in [-0.3, -0.25) is 9.48 Å². The number of imidazole rings is 1. The van der Waals surface area contributed by atoms with Crippen molar-refractivity contribution < 1.29 is 4.79 Å². The molecule has 2 aliphatic carbocycles. The minimum Gasteiger partial charge on any atom is -0.375 e. The molecule has 2 saturated carbocycles. The number of aromatic nitrogens is 4. The number of nitrogens with zero attached hydrogens (tertiary/aromatic N) is 3. The van der Waals surface area contributed by atoms with Crippen molar-refractivity contribution in [3.8, 4) is 0 Å². The molecule has 4 atom stereocenters. The van der Waals surface area contributed by atoms with E-state index in [0.717, 1.165) is 43.3 Å². The summed E-state index contributed by atoms with van der Waals surface area (Å²) in [5.41, 5.74) is 8.53. The maximum absolute atomic E-state index is 10.5. The zero-order valence-corrected chi connectivity index (χ0v) is 30.9. The largest absolute Gasteiger partial charge is 0.375 e. The Morgan fingerprint density at radius 2 is 1.80 bits per heavy atom. The zero-order chi connectivity index (χ0) is 34.4. The molecule has 1 saturated heterocycles. The standard InChI is InChI=1S/C20H29N5.C10H19N.C6H11NO.C2H6/c1-13-5-4-6-16(11-13)19(17-12-21-14(2)23-17)24-20(15-7-8-15)18-9-10-22-25(18)3;1-6-8(4)10(7(2)3)9(5)11;1-5-2-3-6(8)7-4-5;1-2/h9-10,12-13,16,19,24H,4-8,11H2,1-3H3,(H,21,23);7,11H,6H2,1-5H3;5H,2-4H2,1H3,(H,7,8);1-2H3. The average molecular weight is 636 g/mol. The highest BCUT2D eigenvalue weighted by Gasteiger charge is 2.32. The van der Waals surface area contributed by atoms with Crippen LogP contribution in [0.2, 0.25) is 0 Å². The molecule has 1 amide bonds. The Morgan fingerprint density at radius 1 is 1.11 bits per heavy atom. The van der Waals surface area contributed by atoms with Crippen molar-refractivity contribution in [2.45, 2.75) is 133 Å². The number of carbonyl (C=O) groups excluding carboxylic acids is 1. The van der Waals surface area contributed by atoms with Crippen LogP contribution in [-0.4, -0.2) is 37.9 Å². The van der Waals surface area contributed by atoms with Gasteiger partial charge in [0.15, 0.2) is 0 Å². The van der Waals surface area contributed by atoms with Crippen LogP contribution in [0.25, 0.3) is 5.70 Å². The Bertz CT molecular complexity index is 1280. The summed E-state index contributed by atoms with van der Waals surface area (Å²) in [6.07, 6.45) is 14.4. The van der Waals surface area contributed by atoms with Crippen LogP contribution in [0.3, 0.4) is 0 Å². The lowest BCUT2D eigenvalue weighted by molar-refractivity contribution is -0.122. The number of rotatable bonds is 8. The number of nitrogens with one attached hydrogen (secondary N) is 4. The van der Waals surface area contributed by atoms with Gasteiger partial charge in [0.1, 0.15) is 5.82 Å². The quantitative estimate of drug-likeness (QED) is 0.217. The summed E-state index contributed by atoms with van der Waals surface area (Å²) >= 11 is 0. The summed E-state index contributed by atoms with van der Waals surface area (Å²) in [5.74, 6) is 3.84. The number of hydrogen-bond donors (Lipinski definition) is 4. The Hall–Kier alpha value is -3.16. The Kier molecular flexibility index (Phi) is 16.5. The molecule has 2 aromatic rings. The van der Waals surface area contributed by atoms with Crippen molar-refractivity contribution in [3.63, 3.8) is 0 Å². The molecule has 0 radical (unpaired) electrons. The van der Waals surface area contributed by atoms with Crippen molar-refractivity contribution in [1.29, 1.82) is 5.41 Å². The normalized spacial score (nSPS) is 21.6. The van der Waals surface area contributed by atoms with Gasteiger partial charge in [0, 0.05) is 31.9 Å². The van der Waals surface area contributed by atoms with E-state index in [9.17, 15) is 4.79 Å². The number of amides is 1. The summed E-state index contributed by atoms with van der Waals surface area (Å²) in [5, 5.41) is 18.7. The molecular weight excluding hydrogens is 570 g/mol. The van der Waals surface area contributed by atoms with Gasteiger partial charge in [0.2, 0.25) is 5.91 Å². The first-order chi connectivity index (χ1) is 21.9. The van der Waals surface area contributed by atoms with Crippen molar-refractivity contribution in [3.05, 3.63) is 52.4 Å². The Labute approximate surface area is 280 Å². The third-order valence-corrected chi connectivity index (χ3v) is 9.22. The molecule has 3 fully saturated rings. The fraction of sp³-hybridized carbons (Fsp3) is 0.684. The third kappa shape index (κ3) is 12.2. The highest BCUT2D eigenvalue weighted by Crippen LogP contribution is 2.41. The Balaban J connectivity index is 0.000000290. The van der Waals surface area contributed by atoms with Gasteiger partial charge in [0.25, 0.3) is 0 Å². The molecule has 5 rings (SSSR count). The van der Waals surface area contributed by atoms with Crippen molar-refractivity contribution in [2.24, 2.45) is 30.7 Å². The summed E-state index contributed by atoms with van der Waals surface area (Å²) in [6.45, 7) is 21.9. The van der Waals surface area contributed by atoms with Crippen LogP contribution in [0.5, 0.6) is 0 Å². The number of piperidine rings is 1. The van der Waals surface area contributed by atoms with Gasteiger partial charge in [-0.15, -0.1) is 0 Å². The lowest BCUT2D eigenvalue weighted by Crippen LogP contribution is -2.33. The summed E-state index contributed by atoms with van der Waals surface area (Å²) < 4.78 is 1.98. The number of aryl methyl sites for hydroxylation is 2. The van der Waals surface area contributed by atoms with Crippen LogP contribution in [-0.2, 0) is 11.8 Å². The van der Waals surface area contributed by atoms with E-state index >= 15 is 0 Å². The predicted molar refractivity (Wildman–Crippen MR) is 194 cm³/mol. The van der Waals surface area contributed by atoms with Crippen LogP contribution in [0.1, 0.15) is 143 Å². The molecular formula is C38H65N7O. The molecule has 46 heavy (non-hydrogen) atoms. The fourth-order valence-corrected chi connectivity index (χ4v) is 6.57. The maximum atomic E-state index is 10.5. The van der Waals surface area contributed by atoms with E-state index in [1.807, 2.05) is 51.8 Å². The average Bonchev–Trinajstić information content (AvgIpc) is 3.64. The SMILES string of the molecule is CC.CC1CCC(=O)NC1.CCC(C)=C(C(C)=N)C(C)C.Cc1ncc(C(NC(=C2CC2)c2ccnn2C)C2CCCC(C)C2)[nH]1. The van der Waals surface area contributed by atoms with E-state index in [1.54, 1.807) is 0 Å². The van der Waals surface area contributed by atoms with Gasteiger partial charge in [0.05, 0.1) is 29.3 Å². The third-order valence-electron chi connectivity index (χ3n) is 9.22. The molecule has 3 aliphatic rings. The molecule has 1 aliphatic heterocycles. The van der Waals surface area contributed by atoms with Crippen LogP contribution < -0.4 is 10.6 Å². The smallest absolute Gasteiger partial charge is 0.220 e. The molecule has 258 valence electrons. The second-order valence-electron chi connectivity index (χ2n) is 13.7. The van der Waals surface area contributed by atoms with E-state index in [2.05, 4.69) is 73.3 Å². The number of aromatic amines is 1. The van der Waals surface area contributed by atoms with E-state index in [-0.39, 0.29) is 5.91 Å². The second kappa shape index (κ2) is 19.5. The highest BCUT2D eigenvalue weighted by atomic mass is 16.1. The van der Waals surface area contributed by atoms with Gasteiger partial charge in [-0.2, -0.15) is 5.10 Å². The number of carbonyl (C=O) groups is 1. The Morgan fingerprint density at radius 3 is 2.22 bits per heavy atom. The summed E-state index contributed by atoms with van der Waals surface area (Å²) in [4.78, 5) is 18.5. The monoisotopic (exact) mass is 636 g/mol. The lowest BCUT2D eigenvalue weighted by Gasteiger charge is -2.34. The van der Waals surface area contributed by atoms with Crippen LogP contribution >= 0.6 is 0 Å². The van der Waals surface area contributed by atoms with Crippen molar-refractivity contribution >= 4 is 17.3 Å². The first-order valence-corrected chi connectivity index (χ1v) is 17.9. The molecule has 8 heteroatoms. The van der Waals surface area contributed by atoms with Gasteiger partial charge in [-0.05, 0) is 100 Å². The number of H-pyrrole nitrogens is 1. The molecule has 4 N–H and O–H groups in total. The fourth-order valence-electron chi connectivity index (χ4n) is 6.57. The van der Waals surface area contributed by atoms with Gasteiger partial charge in [-0.25, -0.2) is 4.98 Å². The van der Waals surface area contributed by atoms with Crippen LogP contribution in [0.4, 0.5) is 0 Å². The predicted octanol–water partition coefficient (Wildman–Crippen LogP) is 9.08. The van der Waals surface area contributed by atoms with Crippen LogP contribution in [0.15, 0.2) is 35.2 Å². The van der Waals surface area contributed by atoms with E-state index in [0.29, 0.717) is 23.8 Å². The van der Waals surface area contributed by atoms with E-state index < -0.39 is 0 Å². The minimum atomic E-state index is 0.211. The minimum absolute atomic E-state index is 0.211. The first kappa shape index (κ1) is 39.0. The van der Waals surface area contributed by atoms with E-state index in [4.69, 9.17) is 5.41 Å². The van der Waals surface area contributed by atoms with Gasteiger partial charge < -0.3 is 21.0 Å². The maximum Gasteiger partial charge on any atom is 0.220 e. The van der Waals surface area contributed by atoms with Crippen LogP contribution in [0, 0.1) is 36.0 Å². The van der Waals surface area contributed by atoms with E-state index in [1.165, 1.54) is 72.3 Å². The lowest BCUT2D eigenvalue weighted by atomic mass is 9.77. The topological polar surface area (TPSA) is 111 Å². The van der Waals surface area contributed by atoms with Gasteiger partial charge >= 0.3 is 0 Å². The molecule has 3 heterocycles. The number of allylic oxidation sites excluding steroid dienone is 3. The van der Waals surface area contributed by atoms with Crippen molar-refractivity contribution in [2.75, 3.05) is 6.54 Å². The molecule has 2 aromatic heterocycles. The first-order valence-electron chi connectivity index (χ1n) is 17.9. The van der Waals surface area contributed by atoms with Gasteiger partial charge in [-0.1, -0.05) is 66.9 Å². The molecule has 4 unspecified atom stereocenters. The molecule has 0 spiro atoms. The summed E-state index contributed by atoms with van der Waals surface area (Å²) in [7, 11) is 2.03. The molecule has 8 nitrogen and oxygen atoms in total. The highest BCUT2D eigenvalue weighted by molar-refractivity contribution is 5.96. The molecule has 0 bridgehead atoms. The van der Waals surface area contributed by atoms with Crippen molar-refractivity contribution in [1.82, 2.24) is 30.4 Å². The zero-order valence-electron chi connectivity index (χ0n) is 30.9. The second-order valence-corrected chi connectivity index (χ2v) is 13.7. The summed E-state index contributed by atoms with van der Waals surface area (Å²) in [6, 6.07) is 2.41. The number of hydrogen-bond acceptors (Lipinski definition) is 5.